The molecule has 2 aromatic heterocycles. The van der Waals surface area contributed by atoms with Crippen LogP contribution in [0.2, 0.25) is 0 Å². The predicted molar refractivity (Wildman–Crippen MR) is 73.9 cm³/mol. The summed E-state index contributed by atoms with van der Waals surface area (Å²) in [7, 11) is 0. The van der Waals surface area contributed by atoms with Gasteiger partial charge in [0.15, 0.2) is 11.5 Å². The van der Waals surface area contributed by atoms with E-state index in [4.69, 9.17) is 0 Å². The Labute approximate surface area is 129 Å². The molecule has 9 heteroatoms. The van der Waals surface area contributed by atoms with Gasteiger partial charge in [-0.05, 0) is 18.6 Å². The van der Waals surface area contributed by atoms with Crippen molar-refractivity contribution in [3.05, 3.63) is 35.5 Å². The molecule has 0 aliphatic heterocycles. The van der Waals surface area contributed by atoms with Gasteiger partial charge in [-0.15, -0.1) is 0 Å². The molecule has 0 aromatic carbocycles. The van der Waals surface area contributed by atoms with Crippen LogP contribution in [0.3, 0.4) is 0 Å². The maximum absolute atomic E-state index is 12.6. The number of carbonyl (C=O) groups is 2. The summed E-state index contributed by atoms with van der Waals surface area (Å²) < 4.78 is 38.7. The molecule has 0 radical (unpaired) electrons. The Hall–Kier alpha value is -2.58. The SMILES string of the molecule is CCCCc1nc(-n2cccc2C(=O)C(F)(F)F)c(C(=O)O)[nH]1. The maximum atomic E-state index is 12.6. The first-order chi connectivity index (χ1) is 10.8. The van der Waals surface area contributed by atoms with Crippen molar-refractivity contribution < 1.29 is 27.9 Å². The van der Waals surface area contributed by atoms with Crippen molar-refractivity contribution >= 4 is 11.8 Å². The number of hydrogen-bond donors (Lipinski definition) is 2. The number of aromatic carboxylic acids is 1. The fourth-order valence-electron chi connectivity index (χ4n) is 2.09. The highest BCUT2D eigenvalue weighted by molar-refractivity contribution is 6.00. The van der Waals surface area contributed by atoms with Crippen molar-refractivity contribution in [3.8, 4) is 5.82 Å². The lowest BCUT2D eigenvalue weighted by Gasteiger charge is -2.08. The van der Waals surface area contributed by atoms with E-state index < -0.39 is 23.6 Å². The summed E-state index contributed by atoms with van der Waals surface area (Å²) in [6.07, 6.45) is -1.83. The van der Waals surface area contributed by atoms with Gasteiger partial charge in [0.2, 0.25) is 0 Å². The highest BCUT2D eigenvalue weighted by atomic mass is 19.4. The van der Waals surface area contributed by atoms with Crippen LogP contribution in [0, 0.1) is 0 Å². The Balaban J connectivity index is 2.50. The van der Waals surface area contributed by atoms with Crippen LogP contribution in [-0.4, -0.2) is 37.6 Å². The zero-order valence-electron chi connectivity index (χ0n) is 12.1. The van der Waals surface area contributed by atoms with E-state index in [0.717, 1.165) is 23.5 Å². The van der Waals surface area contributed by atoms with Gasteiger partial charge in [0, 0.05) is 12.6 Å². The lowest BCUT2D eigenvalue weighted by Crippen LogP contribution is -2.25. The molecule has 0 unspecified atom stereocenters. The average molecular weight is 329 g/mol. The minimum absolute atomic E-state index is 0.235. The molecule has 0 fully saturated rings. The normalized spacial score (nSPS) is 11.7. The number of hydrogen-bond acceptors (Lipinski definition) is 3. The Kier molecular flexibility index (Phi) is 4.57. The number of nitrogens with zero attached hydrogens (tertiary/aromatic N) is 2. The molecule has 2 aromatic rings. The third-order valence-electron chi connectivity index (χ3n) is 3.18. The number of nitrogens with one attached hydrogen (secondary N) is 1. The molecule has 6 nitrogen and oxygen atoms in total. The van der Waals surface area contributed by atoms with Crippen LogP contribution in [0.1, 0.15) is 46.6 Å². The molecule has 23 heavy (non-hydrogen) atoms. The third-order valence-corrected chi connectivity index (χ3v) is 3.18. The second-order valence-electron chi connectivity index (χ2n) is 4.88. The second kappa shape index (κ2) is 6.27. The van der Waals surface area contributed by atoms with Crippen molar-refractivity contribution in [2.45, 2.75) is 32.4 Å². The molecule has 2 rings (SSSR count). The third kappa shape index (κ3) is 3.43. The molecule has 2 heterocycles. The number of ketones is 1. The smallest absolute Gasteiger partial charge is 0.456 e. The van der Waals surface area contributed by atoms with Gasteiger partial charge >= 0.3 is 12.1 Å². The zero-order chi connectivity index (χ0) is 17.2. The van der Waals surface area contributed by atoms with E-state index in [1.165, 1.54) is 12.3 Å². The van der Waals surface area contributed by atoms with Crippen molar-refractivity contribution in [1.29, 1.82) is 0 Å². The topological polar surface area (TPSA) is 88.0 Å². The number of carbonyl (C=O) groups excluding carboxylic acids is 1. The van der Waals surface area contributed by atoms with Crippen LogP contribution in [0.15, 0.2) is 18.3 Å². The summed E-state index contributed by atoms with van der Waals surface area (Å²) in [6.45, 7) is 1.94. The zero-order valence-corrected chi connectivity index (χ0v) is 12.1. The van der Waals surface area contributed by atoms with E-state index in [9.17, 15) is 27.9 Å². The molecule has 0 aliphatic rings. The van der Waals surface area contributed by atoms with Crippen molar-refractivity contribution in [2.75, 3.05) is 0 Å². The lowest BCUT2D eigenvalue weighted by atomic mass is 10.2. The van der Waals surface area contributed by atoms with E-state index in [-0.39, 0.29) is 11.5 Å². The molecular formula is C14H14F3N3O3. The molecular weight excluding hydrogens is 315 g/mol. The number of aryl methyl sites for hydroxylation is 1. The Morgan fingerprint density at radius 3 is 2.65 bits per heavy atom. The summed E-state index contributed by atoms with van der Waals surface area (Å²) in [6, 6.07) is 2.20. The number of halogens is 3. The monoisotopic (exact) mass is 329 g/mol. The first-order valence-corrected chi connectivity index (χ1v) is 6.87. The van der Waals surface area contributed by atoms with Crippen molar-refractivity contribution in [2.24, 2.45) is 0 Å². The van der Waals surface area contributed by atoms with Crippen molar-refractivity contribution in [1.82, 2.24) is 14.5 Å². The molecule has 0 saturated heterocycles. The predicted octanol–water partition coefficient (Wildman–Crippen LogP) is 2.99. The van der Waals surface area contributed by atoms with Crippen molar-refractivity contribution in [3.63, 3.8) is 0 Å². The number of H-pyrrole nitrogens is 1. The number of rotatable bonds is 6. The average Bonchev–Trinajstić information content (AvgIpc) is 3.09. The van der Waals surface area contributed by atoms with Gasteiger partial charge in [-0.25, -0.2) is 9.78 Å². The van der Waals surface area contributed by atoms with E-state index in [1.807, 2.05) is 6.92 Å². The Bertz CT molecular complexity index is 731. The summed E-state index contributed by atoms with van der Waals surface area (Å²) in [5.41, 5.74) is -1.04. The van der Waals surface area contributed by atoms with Crippen LogP contribution >= 0.6 is 0 Å². The number of unbranched alkanes of at least 4 members (excludes halogenated alkanes) is 1. The number of aromatic nitrogens is 3. The fraction of sp³-hybridized carbons (Fsp3) is 0.357. The summed E-state index contributed by atoms with van der Waals surface area (Å²) in [5, 5.41) is 9.20. The first kappa shape index (κ1) is 16.8. The lowest BCUT2D eigenvalue weighted by molar-refractivity contribution is -0.0889. The number of imidazole rings is 1. The number of carboxylic acids is 1. The molecule has 0 bridgehead atoms. The maximum Gasteiger partial charge on any atom is 0.456 e. The molecule has 0 atom stereocenters. The number of aromatic amines is 1. The van der Waals surface area contributed by atoms with E-state index in [1.54, 1.807) is 0 Å². The molecule has 0 saturated carbocycles. The molecule has 2 N–H and O–H groups in total. The number of carboxylic acid groups (broad SMARTS) is 1. The van der Waals surface area contributed by atoms with Gasteiger partial charge in [-0.2, -0.15) is 13.2 Å². The number of alkyl halides is 3. The first-order valence-electron chi connectivity index (χ1n) is 6.87. The fourth-order valence-corrected chi connectivity index (χ4v) is 2.09. The molecule has 0 aliphatic carbocycles. The summed E-state index contributed by atoms with van der Waals surface area (Å²) in [4.78, 5) is 29.4. The van der Waals surface area contributed by atoms with Gasteiger partial charge in [0.25, 0.3) is 5.78 Å². The highest BCUT2D eigenvalue weighted by Gasteiger charge is 2.41. The van der Waals surface area contributed by atoms with E-state index in [0.29, 0.717) is 12.2 Å². The van der Waals surface area contributed by atoms with Crippen LogP contribution < -0.4 is 0 Å². The van der Waals surface area contributed by atoms with Gasteiger partial charge in [-0.1, -0.05) is 13.3 Å². The summed E-state index contributed by atoms with van der Waals surface area (Å²) in [5.74, 6) is -3.31. The van der Waals surface area contributed by atoms with Crippen LogP contribution in [0.4, 0.5) is 13.2 Å². The van der Waals surface area contributed by atoms with Gasteiger partial charge < -0.3 is 10.1 Å². The van der Waals surface area contributed by atoms with E-state index >= 15 is 0 Å². The van der Waals surface area contributed by atoms with Gasteiger partial charge in [-0.3, -0.25) is 9.36 Å². The molecule has 0 spiro atoms. The highest BCUT2D eigenvalue weighted by Crippen LogP contribution is 2.24. The van der Waals surface area contributed by atoms with Crippen LogP contribution in [0.5, 0.6) is 0 Å². The quantitative estimate of drug-likeness (QED) is 0.798. The molecule has 0 amide bonds. The van der Waals surface area contributed by atoms with Gasteiger partial charge in [0.1, 0.15) is 5.82 Å². The second-order valence-corrected chi connectivity index (χ2v) is 4.88. The number of Topliss-reactive ketones (excluding diaryl/α,β-unsaturated/α-hetero) is 1. The van der Waals surface area contributed by atoms with Crippen LogP contribution in [-0.2, 0) is 6.42 Å². The summed E-state index contributed by atoms with van der Waals surface area (Å²) >= 11 is 0. The Morgan fingerprint density at radius 2 is 2.09 bits per heavy atom. The van der Waals surface area contributed by atoms with E-state index in [2.05, 4.69) is 9.97 Å². The minimum atomic E-state index is -5.05. The largest absolute Gasteiger partial charge is 0.476 e. The standard InChI is InChI=1S/C14H14F3N3O3/c1-2-3-6-9-18-10(13(22)23)12(19-9)20-7-4-5-8(20)11(21)14(15,16)17/h4-5,7H,2-3,6H2,1H3,(H,18,19)(H,22,23). The van der Waals surface area contributed by atoms with Gasteiger partial charge in [0.05, 0.1) is 5.69 Å². The Morgan fingerprint density at radius 1 is 1.39 bits per heavy atom. The van der Waals surface area contributed by atoms with Crippen LogP contribution in [0.25, 0.3) is 5.82 Å². The minimum Gasteiger partial charge on any atom is -0.476 e. The molecule has 124 valence electrons.